The van der Waals surface area contributed by atoms with Crippen molar-refractivity contribution in [1.82, 2.24) is 19.6 Å². The van der Waals surface area contributed by atoms with Crippen LogP contribution in [0.3, 0.4) is 0 Å². The smallest absolute Gasteiger partial charge is 0.339 e. The minimum absolute atomic E-state index is 0.164. The zero-order chi connectivity index (χ0) is 22.9. The van der Waals surface area contributed by atoms with Gasteiger partial charge in [-0.15, -0.1) is 0 Å². The number of carbonyl (C=O) groups excluding carboxylic acids is 2. The first-order valence-corrected chi connectivity index (χ1v) is 11.0. The highest BCUT2D eigenvalue weighted by atomic mass is 19.4. The molecule has 6 nitrogen and oxygen atoms in total. The van der Waals surface area contributed by atoms with Gasteiger partial charge >= 0.3 is 6.18 Å². The van der Waals surface area contributed by atoms with Gasteiger partial charge in [-0.2, -0.15) is 18.3 Å². The summed E-state index contributed by atoms with van der Waals surface area (Å²) in [6, 6.07) is 4.87. The summed E-state index contributed by atoms with van der Waals surface area (Å²) < 4.78 is 40.5. The van der Waals surface area contributed by atoms with Crippen molar-refractivity contribution < 1.29 is 22.8 Å². The Morgan fingerprint density at radius 3 is 2.38 bits per heavy atom. The molecule has 4 rings (SSSR count). The van der Waals surface area contributed by atoms with Crippen LogP contribution in [0.1, 0.15) is 53.7 Å². The van der Waals surface area contributed by atoms with Crippen molar-refractivity contribution in [2.45, 2.75) is 45.2 Å². The lowest BCUT2D eigenvalue weighted by atomic mass is 10.0. The van der Waals surface area contributed by atoms with Gasteiger partial charge in [-0.05, 0) is 43.9 Å². The van der Waals surface area contributed by atoms with Crippen LogP contribution in [-0.4, -0.2) is 57.6 Å². The number of amides is 2. The molecule has 172 valence electrons. The number of piperazine rings is 1. The highest BCUT2D eigenvalue weighted by Gasteiger charge is 2.31. The minimum atomic E-state index is -4.45. The maximum atomic E-state index is 13.0. The highest BCUT2D eigenvalue weighted by Crippen LogP contribution is 2.31. The molecule has 2 amide bonds. The molecule has 1 saturated carbocycles. The van der Waals surface area contributed by atoms with Crippen molar-refractivity contribution in [2.24, 2.45) is 5.92 Å². The number of hydrogen-bond acceptors (Lipinski definition) is 3. The average Bonchev–Trinajstić information content (AvgIpc) is 3.42. The third-order valence-corrected chi connectivity index (χ3v) is 6.52. The Morgan fingerprint density at radius 2 is 1.72 bits per heavy atom. The van der Waals surface area contributed by atoms with E-state index in [0.29, 0.717) is 49.8 Å². The van der Waals surface area contributed by atoms with E-state index >= 15 is 0 Å². The van der Waals surface area contributed by atoms with Crippen LogP contribution in [0, 0.1) is 12.8 Å². The number of hydrogen-bond donors (Lipinski definition) is 0. The number of alkyl halides is 3. The maximum absolute atomic E-state index is 13.0. The van der Waals surface area contributed by atoms with Crippen LogP contribution >= 0.6 is 0 Å². The average molecular weight is 448 g/mol. The fourth-order valence-corrected chi connectivity index (χ4v) is 4.61. The summed E-state index contributed by atoms with van der Waals surface area (Å²) in [5.41, 5.74) is 0.317. The Balaban J connectivity index is 1.41. The summed E-state index contributed by atoms with van der Waals surface area (Å²) in [6.45, 7) is 3.53. The molecule has 0 atom stereocenters. The standard InChI is InChI=1S/C23H27F3N4O2/c1-16-20(15-27-30(16)19-8-4-7-18(14-19)23(24,25)26)22(32)29-11-9-28(10-12-29)21(31)13-17-5-2-3-6-17/h4,7-8,14-15,17H,2-3,5-6,9-13H2,1H3. The largest absolute Gasteiger partial charge is 0.416 e. The number of rotatable bonds is 4. The third-order valence-electron chi connectivity index (χ3n) is 6.52. The molecule has 0 N–H and O–H groups in total. The van der Waals surface area contributed by atoms with Gasteiger partial charge < -0.3 is 9.80 Å². The van der Waals surface area contributed by atoms with E-state index in [0.717, 1.165) is 25.0 Å². The predicted octanol–water partition coefficient (Wildman–Crippen LogP) is 4.06. The molecular formula is C23H27F3N4O2. The summed E-state index contributed by atoms with van der Waals surface area (Å²) in [6.07, 6.45) is 2.19. The summed E-state index contributed by atoms with van der Waals surface area (Å²) in [7, 11) is 0. The Kier molecular flexibility index (Phi) is 6.26. The predicted molar refractivity (Wildman–Crippen MR) is 112 cm³/mol. The summed E-state index contributed by atoms with van der Waals surface area (Å²) in [4.78, 5) is 29.1. The Hall–Kier alpha value is -2.84. The zero-order valence-corrected chi connectivity index (χ0v) is 18.1. The molecule has 1 aromatic heterocycles. The monoisotopic (exact) mass is 448 g/mol. The van der Waals surface area contributed by atoms with Crippen LogP contribution in [0.25, 0.3) is 5.69 Å². The van der Waals surface area contributed by atoms with E-state index < -0.39 is 11.7 Å². The van der Waals surface area contributed by atoms with Gasteiger partial charge in [0, 0.05) is 32.6 Å². The van der Waals surface area contributed by atoms with Crippen LogP contribution in [0.2, 0.25) is 0 Å². The van der Waals surface area contributed by atoms with Crippen LogP contribution < -0.4 is 0 Å². The first-order valence-electron chi connectivity index (χ1n) is 11.0. The Bertz CT molecular complexity index is 987. The van der Waals surface area contributed by atoms with Crippen LogP contribution in [0.4, 0.5) is 13.2 Å². The molecule has 2 heterocycles. The molecule has 1 aliphatic heterocycles. The van der Waals surface area contributed by atoms with Gasteiger partial charge in [0.15, 0.2) is 0 Å². The van der Waals surface area contributed by atoms with Gasteiger partial charge in [-0.3, -0.25) is 9.59 Å². The molecule has 1 aliphatic carbocycles. The van der Waals surface area contributed by atoms with E-state index in [-0.39, 0.29) is 17.5 Å². The third kappa shape index (κ3) is 4.66. The maximum Gasteiger partial charge on any atom is 0.416 e. The number of carbonyl (C=O) groups is 2. The Morgan fingerprint density at radius 1 is 1.06 bits per heavy atom. The number of benzene rings is 1. The van der Waals surface area contributed by atoms with E-state index in [4.69, 9.17) is 0 Å². The van der Waals surface area contributed by atoms with Gasteiger partial charge in [0.1, 0.15) is 0 Å². The van der Waals surface area contributed by atoms with E-state index in [1.165, 1.54) is 35.9 Å². The van der Waals surface area contributed by atoms with Crippen LogP contribution in [-0.2, 0) is 11.0 Å². The summed E-state index contributed by atoms with van der Waals surface area (Å²) in [5.74, 6) is 0.438. The quantitative estimate of drug-likeness (QED) is 0.709. The molecule has 2 aromatic rings. The van der Waals surface area contributed by atoms with Crippen molar-refractivity contribution >= 4 is 11.8 Å². The van der Waals surface area contributed by atoms with Gasteiger partial charge in [-0.1, -0.05) is 18.9 Å². The van der Waals surface area contributed by atoms with E-state index in [1.807, 2.05) is 4.90 Å². The highest BCUT2D eigenvalue weighted by molar-refractivity contribution is 5.95. The lowest BCUT2D eigenvalue weighted by molar-refractivity contribution is -0.137. The molecular weight excluding hydrogens is 421 g/mol. The second-order valence-electron chi connectivity index (χ2n) is 8.63. The van der Waals surface area contributed by atoms with Crippen molar-refractivity contribution in [2.75, 3.05) is 26.2 Å². The zero-order valence-electron chi connectivity index (χ0n) is 18.1. The molecule has 9 heteroatoms. The number of aromatic nitrogens is 2. The molecule has 32 heavy (non-hydrogen) atoms. The molecule has 0 radical (unpaired) electrons. The topological polar surface area (TPSA) is 58.4 Å². The molecule has 1 saturated heterocycles. The summed E-state index contributed by atoms with van der Waals surface area (Å²) >= 11 is 0. The van der Waals surface area contributed by atoms with E-state index in [9.17, 15) is 22.8 Å². The summed E-state index contributed by atoms with van der Waals surface area (Å²) in [5, 5.41) is 4.16. The lowest BCUT2D eigenvalue weighted by Crippen LogP contribution is -2.50. The van der Waals surface area contributed by atoms with E-state index in [2.05, 4.69) is 5.10 Å². The number of nitrogens with zero attached hydrogens (tertiary/aromatic N) is 4. The molecule has 2 fully saturated rings. The minimum Gasteiger partial charge on any atom is -0.339 e. The van der Waals surface area contributed by atoms with Gasteiger partial charge in [0.2, 0.25) is 5.91 Å². The molecule has 2 aliphatic rings. The van der Waals surface area contributed by atoms with Crippen molar-refractivity contribution in [1.29, 1.82) is 0 Å². The van der Waals surface area contributed by atoms with Gasteiger partial charge in [0.05, 0.1) is 28.7 Å². The second-order valence-corrected chi connectivity index (χ2v) is 8.63. The van der Waals surface area contributed by atoms with Crippen molar-refractivity contribution in [3.63, 3.8) is 0 Å². The molecule has 0 spiro atoms. The SMILES string of the molecule is Cc1c(C(=O)N2CCN(C(=O)CC3CCCC3)CC2)cnn1-c1cccc(C(F)(F)F)c1. The molecule has 0 bridgehead atoms. The second kappa shape index (κ2) is 8.96. The van der Waals surface area contributed by atoms with Crippen LogP contribution in [0.5, 0.6) is 0 Å². The fraction of sp³-hybridized carbons (Fsp3) is 0.522. The van der Waals surface area contributed by atoms with Crippen molar-refractivity contribution in [3.05, 3.63) is 47.3 Å². The first-order chi connectivity index (χ1) is 15.2. The first kappa shape index (κ1) is 22.4. The molecule has 0 unspecified atom stereocenters. The number of halogens is 3. The normalized spacial score (nSPS) is 17.8. The fourth-order valence-electron chi connectivity index (χ4n) is 4.61. The van der Waals surface area contributed by atoms with Gasteiger partial charge in [-0.25, -0.2) is 4.68 Å². The van der Waals surface area contributed by atoms with Crippen molar-refractivity contribution in [3.8, 4) is 5.69 Å². The Labute approximate surface area is 185 Å². The van der Waals surface area contributed by atoms with Gasteiger partial charge in [0.25, 0.3) is 5.91 Å². The molecule has 1 aromatic carbocycles. The lowest BCUT2D eigenvalue weighted by Gasteiger charge is -2.35. The van der Waals surface area contributed by atoms with E-state index in [1.54, 1.807) is 11.8 Å². The van der Waals surface area contributed by atoms with Crippen LogP contribution in [0.15, 0.2) is 30.5 Å².